The van der Waals surface area contributed by atoms with Gasteiger partial charge in [0.2, 0.25) is 5.91 Å². The van der Waals surface area contributed by atoms with Crippen molar-refractivity contribution >= 4 is 5.91 Å². The highest BCUT2D eigenvalue weighted by molar-refractivity contribution is 5.76. The van der Waals surface area contributed by atoms with Crippen LogP contribution in [0.15, 0.2) is 35.6 Å². The van der Waals surface area contributed by atoms with Crippen LogP contribution in [0.3, 0.4) is 0 Å². The minimum absolute atomic E-state index is 0.0362. The van der Waals surface area contributed by atoms with Crippen LogP contribution in [-0.2, 0) is 17.9 Å². The van der Waals surface area contributed by atoms with E-state index in [-0.39, 0.29) is 18.4 Å². The molecule has 0 aliphatic carbocycles. The highest BCUT2D eigenvalue weighted by Gasteiger charge is 2.27. The summed E-state index contributed by atoms with van der Waals surface area (Å²) in [7, 11) is 4.11. The van der Waals surface area contributed by atoms with Gasteiger partial charge in [0.15, 0.2) is 0 Å². The predicted molar refractivity (Wildman–Crippen MR) is 97.8 cm³/mol. The Hall–Kier alpha value is -2.48. The standard InChI is InChI=1S/C18H26N6O2/c1-21(2)11-12-22-10-7-19-17(22)15-5-3-8-23(13-15)16(25)14-24-9-4-6-20-18(24)26/h4,6-7,9-10,15H,3,5,8,11-14H2,1-2H3/t15-/m0/s1. The van der Waals surface area contributed by atoms with E-state index in [1.807, 2.05) is 17.3 Å². The number of likely N-dealkylation sites (N-methyl/N-ethyl adjacent to an activating group) is 1. The Morgan fingerprint density at radius 1 is 1.23 bits per heavy atom. The molecular formula is C18H26N6O2. The molecule has 26 heavy (non-hydrogen) atoms. The molecule has 1 aliphatic heterocycles. The van der Waals surface area contributed by atoms with E-state index in [1.165, 1.54) is 10.8 Å². The molecule has 1 fully saturated rings. The van der Waals surface area contributed by atoms with Crippen LogP contribution in [0, 0.1) is 0 Å². The fourth-order valence-electron chi connectivity index (χ4n) is 3.35. The van der Waals surface area contributed by atoms with Gasteiger partial charge in [0.25, 0.3) is 0 Å². The van der Waals surface area contributed by atoms with E-state index in [9.17, 15) is 9.59 Å². The second-order valence-electron chi connectivity index (χ2n) is 6.99. The summed E-state index contributed by atoms with van der Waals surface area (Å²) in [6, 6.07) is 1.66. The number of aromatic nitrogens is 4. The third-order valence-corrected chi connectivity index (χ3v) is 4.76. The molecule has 0 N–H and O–H groups in total. The van der Waals surface area contributed by atoms with Gasteiger partial charge >= 0.3 is 5.69 Å². The number of rotatable bonds is 6. The van der Waals surface area contributed by atoms with Crippen molar-refractivity contribution in [2.75, 3.05) is 33.7 Å². The average Bonchev–Trinajstić information content (AvgIpc) is 3.10. The number of piperidine rings is 1. The summed E-state index contributed by atoms with van der Waals surface area (Å²) in [5.41, 5.74) is -0.395. The summed E-state index contributed by atoms with van der Waals surface area (Å²) in [6.45, 7) is 3.24. The van der Waals surface area contributed by atoms with Crippen LogP contribution in [-0.4, -0.2) is 68.5 Å². The summed E-state index contributed by atoms with van der Waals surface area (Å²) < 4.78 is 3.54. The lowest BCUT2D eigenvalue weighted by atomic mass is 9.97. The van der Waals surface area contributed by atoms with E-state index in [4.69, 9.17) is 0 Å². The molecule has 1 aliphatic rings. The van der Waals surface area contributed by atoms with Gasteiger partial charge in [0.1, 0.15) is 12.4 Å². The van der Waals surface area contributed by atoms with Crippen LogP contribution >= 0.6 is 0 Å². The fourth-order valence-corrected chi connectivity index (χ4v) is 3.35. The van der Waals surface area contributed by atoms with Crippen LogP contribution in [0.2, 0.25) is 0 Å². The number of likely N-dealkylation sites (tertiary alicyclic amines) is 1. The van der Waals surface area contributed by atoms with E-state index >= 15 is 0 Å². The number of imidazole rings is 1. The Morgan fingerprint density at radius 2 is 2.08 bits per heavy atom. The maximum atomic E-state index is 12.6. The highest BCUT2D eigenvalue weighted by Crippen LogP contribution is 2.26. The molecular weight excluding hydrogens is 332 g/mol. The van der Waals surface area contributed by atoms with E-state index < -0.39 is 5.69 Å². The largest absolute Gasteiger partial charge is 0.347 e. The monoisotopic (exact) mass is 358 g/mol. The maximum Gasteiger partial charge on any atom is 0.347 e. The Kier molecular flexibility index (Phi) is 5.82. The molecule has 140 valence electrons. The minimum atomic E-state index is -0.395. The fraction of sp³-hybridized carbons (Fsp3) is 0.556. The number of hydrogen-bond acceptors (Lipinski definition) is 5. The van der Waals surface area contributed by atoms with Gasteiger partial charge in [0.05, 0.1) is 0 Å². The number of carbonyl (C=O) groups excluding carboxylic acids is 1. The summed E-state index contributed by atoms with van der Waals surface area (Å²) in [4.78, 5) is 36.6. The summed E-state index contributed by atoms with van der Waals surface area (Å²) in [5.74, 6) is 1.23. The molecule has 2 aromatic rings. The molecule has 0 saturated carbocycles. The third kappa shape index (κ3) is 4.37. The lowest BCUT2D eigenvalue weighted by molar-refractivity contribution is -0.133. The summed E-state index contributed by atoms with van der Waals surface area (Å²) in [5, 5.41) is 0. The Morgan fingerprint density at radius 3 is 2.85 bits per heavy atom. The quantitative estimate of drug-likeness (QED) is 0.747. The lowest BCUT2D eigenvalue weighted by Crippen LogP contribution is -2.42. The summed E-state index contributed by atoms with van der Waals surface area (Å²) in [6.07, 6.45) is 8.85. The first-order chi connectivity index (χ1) is 12.5. The second kappa shape index (κ2) is 8.27. The molecule has 1 amide bonds. The van der Waals surface area contributed by atoms with Crippen molar-refractivity contribution in [3.8, 4) is 0 Å². The van der Waals surface area contributed by atoms with Gasteiger partial charge in [-0.25, -0.2) is 14.8 Å². The Labute approximate surface area is 153 Å². The van der Waals surface area contributed by atoms with E-state index in [0.717, 1.165) is 38.3 Å². The highest BCUT2D eigenvalue weighted by atomic mass is 16.2. The average molecular weight is 358 g/mol. The van der Waals surface area contributed by atoms with Gasteiger partial charge in [-0.1, -0.05) is 0 Å². The summed E-state index contributed by atoms with van der Waals surface area (Å²) >= 11 is 0. The van der Waals surface area contributed by atoms with Crippen molar-refractivity contribution in [2.45, 2.75) is 31.8 Å². The first-order valence-corrected chi connectivity index (χ1v) is 8.99. The zero-order valence-corrected chi connectivity index (χ0v) is 15.4. The third-order valence-electron chi connectivity index (χ3n) is 4.76. The number of amides is 1. The molecule has 0 radical (unpaired) electrons. The van der Waals surface area contributed by atoms with E-state index in [0.29, 0.717) is 6.54 Å². The van der Waals surface area contributed by atoms with Crippen LogP contribution < -0.4 is 5.69 Å². The van der Waals surface area contributed by atoms with Gasteiger partial charge in [-0.2, -0.15) is 0 Å². The number of nitrogens with zero attached hydrogens (tertiary/aromatic N) is 6. The van der Waals surface area contributed by atoms with Crippen LogP contribution in [0.25, 0.3) is 0 Å². The SMILES string of the molecule is CN(C)CCn1ccnc1[C@H]1CCCN(C(=O)Cn2cccnc2=O)C1. The lowest BCUT2D eigenvalue weighted by Gasteiger charge is -2.33. The van der Waals surface area contributed by atoms with Gasteiger partial charge in [-0.3, -0.25) is 9.36 Å². The number of hydrogen-bond donors (Lipinski definition) is 0. The van der Waals surface area contributed by atoms with Gasteiger partial charge in [-0.05, 0) is 33.0 Å². The van der Waals surface area contributed by atoms with Crippen molar-refractivity contribution in [2.24, 2.45) is 0 Å². The van der Waals surface area contributed by atoms with E-state index in [2.05, 4.69) is 33.5 Å². The molecule has 8 heteroatoms. The van der Waals surface area contributed by atoms with Gasteiger partial charge in [-0.15, -0.1) is 0 Å². The zero-order valence-electron chi connectivity index (χ0n) is 15.4. The topological polar surface area (TPSA) is 76.3 Å². The van der Waals surface area contributed by atoms with Gasteiger partial charge < -0.3 is 14.4 Å². The Bertz CT molecular complexity index is 797. The van der Waals surface area contributed by atoms with Crippen LogP contribution in [0.1, 0.15) is 24.6 Å². The molecule has 1 atom stereocenters. The van der Waals surface area contributed by atoms with Crippen molar-refractivity contribution in [3.05, 3.63) is 47.2 Å². The molecule has 3 heterocycles. The van der Waals surface area contributed by atoms with Crippen molar-refractivity contribution < 1.29 is 4.79 Å². The van der Waals surface area contributed by atoms with Crippen molar-refractivity contribution in [3.63, 3.8) is 0 Å². The van der Waals surface area contributed by atoms with Gasteiger partial charge in [0, 0.05) is 56.9 Å². The molecule has 0 unspecified atom stereocenters. The molecule has 0 spiro atoms. The minimum Gasteiger partial charge on any atom is -0.340 e. The molecule has 3 rings (SSSR count). The van der Waals surface area contributed by atoms with Crippen molar-refractivity contribution in [1.29, 1.82) is 0 Å². The molecule has 2 aromatic heterocycles. The van der Waals surface area contributed by atoms with Crippen LogP contribution in [0.4, 0.5) is 0 Å². The number of carbonyl (C=O) groups is 1. The molecule has 0 aromatic carbocycles. The predicted octanol–water partition coefficient (Wildman–Crippen LogP) is 0.408. The molecule has 0 bridgehead atoms. The molecule has 1 saturated heterocycles. The van der Waals surface area contributed by atoms with Crippen molar-refractivity contribution in [1.82, 2.24) is 28.9 Å². The van der Waals surface area contributed by atoms with Crippen LogP contribution in [0.5, 0.6) is 0 Å². The first kappa shape index (κ1) is 18.3. The maximum absolute atomic E-state index is 12.6. The smallest absolute Gasteiger partial charge is 0.340 e. The second-order valence-corrected chi connectivity index (χ2v) is 6.99. The molecule has 8 nitrogen and oxygen atoms in total. The normalized spacial score (nSPS) is 17.7. The zero-order chi connectivity index (χ0) is 18.5. The Balaban J connectivity index is 1.66. The first-order valence-electron chi connectivity index (χ1n) is 8.99. The van der Waals surface area contributed by atoms with E-state index in [1.54, 1.807) is 12.3 Å².